The molecule has 94 valence electrons. The van der Waals surface area contributed by atoms with Gasteiger partial charge in [0.15, 0.2) is 0 Å². The molecule has 1 saturated heterocycles. The van der Waals surface area contributed by atoms with Gasteiger partial charge in [0.1, 0.15) is 0 Å². The largest absolute Gasteiger partial charge is 0.385 e. The zero-order valence-electron chi connectivity index (χ0n) is 10.6. The number of benzene rings is 1. The molecule has 0 radical (unpaired) electrons. The van der Waals surface area contributed by atoms with Crippen LogP contribution in [0.5, 0.6) is 0 Å². The minimum absolute atomic E-state index is 0.596. The summed E-state index contributed by atoms with van der Waals surface area (Å²) < 4.78 is 5.32. The molecule has 1 aliphatic heterocycles. The molecule has 2 nitrogen and oxygen atoms in total. The van der Waals surface area contributed by atoms with Gasteiger partial charge in [-0.3, -0.25) is 0 Å². The lowest BCUT2D eigenvalue weighted by Crippen LogP contribution is -2.34. The van der Waals surface area contributed by atoms with Gasteiger partial charge in [-0.2, -0.15) is 0 Å². The summed E-state index contributed by atoms with van der Waals surface area (Å²) in [6, 6.07) is 1.95. The Kier molecular flexibility index (Phi) is 3.48. The van der Waals surface area contributed by atoms with Gasteiger partial charge in [-0.1, -0.05) is 11.6 Å². The molecule has 1 aromatic carbocycles. The smallest absolute Gasteiger partial charge is 0.0957 e. The summed E-state index contributed by atoms with van der Waals surface area (Å²) >= 11 is 6.33. The molecule has 0 unspecified atom stereocenters. The molecular formula is C14H19ClO2. The van der Waals surface area contributed by atoms with Crippen molar-refractivity contribution in [2.75, 3.05) is 13.2 Å². The number of ether oxygens (including phenoxy) is 1. The van der Waals surface area contributed by atoms with Gasteiger partial charge in [0.05, 0.1) is 5.60 Å². The average Bonchev–Trinajstić information content (AvgIpc) is 2.26. The maximum absolute atomic E-state index is 10.8. The molecule has 0 saturated carbocycles. The van der Waals surface area contributed by atoms with Crippen LogP contribution < -0.4 is 0 Å². The molecule has 1 aromatic rings. The van der Waals surface area contributed by atoms with Crippen molar-refractivity contribution in [2.24, 2.45) is 0 Å². The van der Waals surface area contributed by atoms with Crippen LogP contribution in [0.2, 0.25) is 5.02 Å². The number of aryl methyl sites for hydroxylation is 1. The van der Waals surface area contributed by atoms with E-state index in [4.69, 9.17) is 16.3 Å². The van der Waals surface area contributed by atoms with Crippen molar-refractivity contribution in [2.45, 2.75) is 39.2 Å². The molecule has 0 bridgehead atoms. The second-order valence-corrected chi connectivity index (χ2v) is 5.35. The number of aliphatic hydroxyl groups is 1. The summed E-state index contributed by atoms with van der Waals surface area (Å²) in [4.78, 5) is 0. The first kappa shape index (κ1) is 12.9. The molecule has 1 N–H and O–H groups in total. The van der Waals surface area contributed by atoms with E-state index < -0.39 is 5.60 Å². The fourth-order valence-electron chi connectivity index (χ4n) is 2.56. The molecule has 3 heteroatoms. The van der Waals surface area contributed by atoms with Crippen LogP contribution in [0.15, 0.2) is 6.07 Å². The van der Waals surface area contributed by atoms with Gasteiger partial charge in [-0.15, -0.1) is 0 Å². The summed E-state index contributed by atoms with van der Waals surface area (Å²) in [5, 5.41) is 11.4. The van der Waals surface area contributed by atoms with Gasteiger partial charge in [-0.25, -0.2) is 0 Å². The highest BCUT2D eigenvalue weighted by atomic mass is 35.5. The predicted molar refractivity (Wildman–Crippen MR) is 69.6 cm³/mol. The molecule has 0 aromatic heterocycles. The molecule has 1 fully saturated rings. The van der Waals surface area contributed by atoms with Crippen LogP contribution in [0.1, 0.15) is 35.1 Å². The quantitative estimate of drug-likeness (QED) is 0.834. The Bertz CT molecular complexity index is 434. The van der Waals surface area contributed by atoms with E-state index in [0.717, 1.165) is 11.1 Å². The first-order valence-corrected chi connectivity index (χ1v) is 6.40. The lowest BCUT2D eigenvalue weighted by atomic mass is 9.82. The third-order valence-electron chi connectivity index (χ3n) is 3.90. The fourth-order valence-corrected chi connectivity index (χ4v) is 3.04. The highest BCUT2D eigenvalue weighted by molar-refractivity contribution is 6.31. The SMILES string of the molecule is Cc1cc(Cl)c(C2(O)CCOCC2)c(C)c1C. The molecular weight excluding hydrogens is 236 g/mol. The number of hydrogen-bond donors (Lipinski definition) is 1. The first-order valence-electron chi connectivity index (χ1n) is 6.02. The minimum Gasteiger partial charge on any atom is -0.385 e. The summed E-state index contributed by atoms with van der Waals surface area (Å²) in [6.07, 6.45) is 1.24. The Morgan fingerprint density at radius 2 is 1.76 bits per heavy atom. The summed E-state index contributed by atoms with van der Waals surface area (Å²) in [5.74, 6) is 0. The lowest BCUT2D eigenvalue weighted by Gasteiger charge is -2.35. The van der Waals surface area contributed by atoms with Gasteiger partial charge in [0.25, 0.3) is 0 Å². The van der Waals surface area contributed by atoms with E-state index in [1.807, 2.05) is 19.9 Å². The maximum Gasteiger partial charge on any atom is 0.0957 e. The third-order valence-corrected chi connectivity index (χ3v) is 4.19. The topological polar surface area (TPSA) is 29.5 Å². The molecule has 1 heterocycles. The number of hydrogen-bond acceptors (Lipinski definition) is 2. The van der Waals surface area contributed by atoms with E-state index in [-0.39, 0.29) is 0 Å². The normalized spacial score (nSPS) is 19.4. The van der Waals surface area contributed by atoms with Gasteiger partial charge in [0.2, 0.25) is 0 Å². The van der Waals surface area contributed by atoms with Gasteiger partial charge in [-0.05, 0) is 43.5 Å². The Morgan fingerprint density at radius 1 is 1.18 bits per heavy atom. The summed E-state index contributed by atoms with van der Waals surface area (Å²) in [5.41, 5.74) is 3.57. The van der Waals surface area contributed by atoms with E-state index in [2.05, 4.69) is 6.92 Å². The van der Waals surface area contributed by atoms with Crippen LogP contribution in [0.3, 0.4) is 0 Å². The molecule has 0 atom stereocenters. The third kappa shape index (κ3) is 2.22. The molecule has 1 aliphatic rings. The van der Waals surface area contributed by atoms with Crippen molar-refractivity contribution in [1.29, 1.82) is 0 Å². The van der Waals surface area contributed by atoms with Crippen LogP contribution in [0.4, 0.5) is 0 Å². The van der Waals surface area contributed by atoms with Crippen LogP contribution in [0, 0.1) is 20.8 Å². The Balaban J connectivity index is 2.54. The average molecular weight is 255 g/mol. The maximum atomic E-state index is 10.8. The van der Waals surface area contributed by atoms with Crippen molar-refractivity contribution in [3.05, 3.63) is 33.3 Å². The Labute approximate surface area is 108 Å². The molecule has 0 amide bonds. The highest BCUT2D eigenvalue weighted by Gasteiger charge is 2.35. The molecule has 17 heavy (non-hydrogen) atoms. The van der Waals surface area contributed by atoms with E-state index >= 15 is 0 Å². The molecule has 0 spiro atoms. The van der Waals surface area contributed by atoms with E-state index in [1.165, 1.54) is 11.1 Å². The van der Waals surface area contributed by atoms with Crippen molar-refractivity contribution >= 4 is 11.6 Å². The van der Waals surface area contributed by atoms with E-state index in [9.17, 15) is 5.11 Å². The second-order valence-electron chi connectivity index (χ2n) is 4.94. The number of rotatable bonds is 1. The van der Waals surface area contributed by atoms with Gasteiger partial charge >= 0.3 is 0 Å². The lowest BCUT2D eigenvalue weighted by molar-refractivity contribution is -0.0682. The van der Waals surface area contributed by atoms with Crippen molar-refractivity contribution < 1.29 is 9.84 Å². The summed E-state index contributed by atoms with van der Waals surface area (Å²) in [7, 11) is 0. The molecule has 2 rings (SSSR count). The second kappa shape index (κ2) is 4.60. The Morgan fingerprint density at radius 3 is 2.35 bits per heavy atom. The first-order chi connectivity index (χ1) is 7.96. The van der Waals surface area contributed by atoms with Gasteiger partial charge in [0, 0.05) is 36.6 Å². The van der Waals surface area contributed by atoms with Crippen LogP contribution in [-0.4, -0.2) is 18.3 Å². The standard InChI is InChI=1S/C14H19ClO2/c1-9-8-12(15)13(11(3)10(9)2)14(16)4-6-17-7-5-14/h8,16H,4-7H2,1-3H3. The van der Waals surface area contributed by atoms with Gasteiger partial charge < -0.3 is 9.84 Å². The van der Waals surface area contributed by atoms with Crippen LogP contribution >= 0.6 is 11.6 Å². The Hall–Kier alpha value is -0.570. The fraction of sp³-hybridized carbons (Fsp3) is 0.571. The van der Waals surface area contributed by atoms with E-state index in [0.29, 0.717) is 31.1 Å². The minimum atomic E-state index is -0.822. The van der Waals surface area contributed by atoms with Crippen LogP contribution in [0.25, 0.3) is 0 Å². The van der Waals surface area contributed by atoms with Crippen molar-refractivity contribution in [3.63, 3.8) is 0 Å². The monoisotopic (exact) mass is 254 g/mol. The van der Waals surface area contributed by atoms with Crippen LogP contribution in [-0.2, 0) is 10.3 Å². The molecule has 0 aliphatic carbocycles. The summed E-state index contributed by atoms with van der Waals surface area (Å²) in [6.45, 7) is 7.36. The zero-order chi connectivity index (χ0) is 12.6. The van der Waals surface area contributed by atoms with Crippen molar-refractivity contribution in [3.8, 4) is 0 Å². The van der Waals surface area contributed by atoms with Crippen molar-refractivity contribution in [1.82, 2.24) is 0 Å². The predicted octanol–water partition coefficient (Wildman–Crippen LogP) is 3.26. The number of halogens is 1. The zero-order valence-corrected chi connectivity index (χ0v) is 11.4. The highest BCUT2D eigenvalue weighted by Crippen LogP contribution is 2.40. The van der Waals surface area contributed by atoms with E-state index in [1.54, 1.807) is 0 Å².